The normalized spacial score (nSPS) is 10.0. The quantitative estimate of drug-likeness (QED) is 0.662. The van der Waals surface area contributed by atoms with Crippen molar-refractivity contribution in [2.45, 2.75) is 6.92 Å². The predicted octanol–water partition coefficient (Wildman–Crippen LogP) is 1.77. The molecule has 0 aliphatic heterocycles. The van der Waals surface area contributed by atoms with Gasteiger partial charge in [-0.3, -0.25) is 4.79 Å². The second-order valence-corrected chi connectivity index (χ2v) is 3.69. The molecule has 0 aliphatic rings. The number of nitrogens with zero attached hydrogens (tertiary/aromatic N) is 3. The van der Waals surface area contributed by atoms with Gasteiger partial charge in [0.05, 0.1) is 0 Å². The zero-order chi connectivity index (χ0) is 10.1. The number of thiazole rings is 1. The lowest BCUT2D eigenvalue weighted by molar-refractivity contribution is 0.101. The number of hydrogen-bond acceptors (Lipinski definition) is 5. The molecule has 0 amide bonds. The Morgan fingerprint density at radius 2 is 2.29 bits per heavy atom. The Morgan fingerprint density at radius 3 is 2.93 bits per heavy atom. The first-order chi connectivity index (χ1) is 6.70. The van der Waals surface area contributed by atoms with Gasteiger partial charge in [-0.15, -0.1) is 0 Å². The SMILES string of the molecule is CC(=O)c1ccc2nc(C#N)sc2n1. The molecule has 0 aliphatic carbocycles. The first-order valence-corrected chi connectivity index (χ1v) is 4.71. The van der Waals surface area contributed by atoms with Crippen LogP contribution in [-0.4, -0.2) is 15.8 Å². The first kappa shape index (κ1) is 8.78. The van der Waals surface area contributed by atoms with Crippen molar-refractivity contribution >= 4 is 27.5 Å². The van der Waals surface area contributed by atoms with E-state index in [9.17, 15) is 4.79 Å². The molecule has 4 nitrogen and oxygen atoms in total. The number of pyridine rings is 1. The van der Waals surface area contributed by atoms with Crippen LogP contribution in [0.4, 0.5) is 0 Å². The summed E-state index contributed by atoms with van der Waals surface area (Å²) in [5.74, 6) is -0.0844. The van der Waals surface area contributed by atoms with E-state index in [0.717, 1.165) is 0 Å². The monoisotopic (exact) mass is 203 g/mol. The third-order valence-corrected chi connectivity index (χ3v) is 2.58. The maximum atomic E-state index is 11.0. The van der Waals surface area contributed by atoms with Crippen LogP contribution in [0.1, 0.15) is 22.4 Å². The number of rotatable bonds is 1. The van der Waals surface area contributed by atoms with E-state index >= 15 is 0 Å². The lowest BCUT2D eigenvalue weighted by Crippen LogP contribution is -1.94. The lowest BCUT2D eigenvalue weighted by Gasteiger charge is -1.92. The van der Waals surface area contributed by atoms with Gasteiger partial charge < -0.3 is 0 Å². The van der Waals surface area contributed by atoms with Gasteiger partial charge >= 0.3 is 0 Å². The van der Waals surface area contributed by atoms with Gasteiger partial charge in [-0.1, -0.05) is 11.3 Å². The van der Waals surface area contributed by atoms with Gasteiger partial charge in [0, 0.05) is 6.92 Å². The van der Waals surface area contributed by atoms with Gasteiger partial charge in [0.15, 0.2) is 10.8 Å². The molecule has 0 fully saturated rings. The Kier molecular flexibility index (Phi) is 1.98. The number of carbonyl (C=O) groups is 1. The van der Waals surface area contributed by atoms with E-state index in [2.05, 4.69) is 9.97 Å². The van der Waals surface area contributed by atoms with E-state index in [0.29, 0.717) is 21.0 Å². The van der Waals surface area contributed by atoms with Gasteiger partial charge in [-0.25, -0.2) is 9.97 Å². The van der Waals surface area contributed by atoms with Crippen molar-refractivity contribution < 1.29 is 4.79 Å². The fourth-order valence-electron chi connectivity index (χ4n) is 1.06. The largest absolute Gasteiger partial charge is 0.293 e. The van der Waals surface area contributed by atoms with Crippen LogP contribution in [0.15, 0.2) is 12.1 Å². The molecule has 0 atom stereocenters. The minimum Gasteiger partial charge on any atom is -0.293 e. The molecule has 0 saturated heterocycles. The summed E-state index contributed by atoms with van der Waals surface area (Å²) in [4.78, 5) is 19.8. The molecule has 2 rings (SSSR count). The zero-order valence-electron chi connectivity index (χ0n) is 7.31. The van der Waals surface area contributed by atoms with Crippen LogP contribution >= 0.6 is 11.3 Å². The highest BCUT2D eigenvalue weighted by Gasteiger charge is 2.07. The molecule has 2 aromatic heterocycles. The Morgan fingerprint density at radius 1 is 1.50 bits per heavy atom. The van der Waals surface area contributed by atoms with Crippen LogP contribution in [0.5, 0.6) is 0 Å². The maximum absolute atomic E-state index is 11.0. The second-order valence-electron chi connectivity index (χ2n) is 2.71. The fourth-order valence-corrected chi connectivity index (χ4v) is 1.80. The average Bonchev–Trinajstić information content (AvgIpc) is 2.58. The van der Waals surface area contributed by atoms with E-state index in [4.69, 9.17) is 5.26 Å². The molecule has 0 aromatic carbocycles. The van der Waals surface area contributed by atoms with Crippen LogP contribution in [0, 0.1) is 11.3 Å². The van der Waals surface area contributed by atoms with E-state index < -0.39 is 0 Å². The summed E-state index contributed by atoms with van der Waals surface area (Å²) in [5, 5.41) is 8.99. The van der Waals surface area contributed by atoms with Gasteiger partial charge in [0.1, 0.15) is 22.1 Å². The first-order valence-electron chi connectivity index (χ1n) is 3.89. The van der Waals surface area contributed by atoms with Crippen molar-refractivity contribution in [2.75, 3.05) is 0 Å². The molecule has 0 spiro atoms. The number of fused-ring (bicyclic) bond motifs is 1. The summed E-state index contributed by atoms with van der Waals surface area (Å²) in [5.41, 5.74) is 1.07. The van der Waals surface area contributed by atoms with E-state index in [1.165, 1.54) is 18.3 Å². The minimum atomic E-state index is -0.0844. The number of ketones is 1. The van der Waals surface area contributed by atoms with Crippen molar-refractivity contribution in [3.05, 3.63) is 22.8 Å². The molecule has 0 N–H and O–H groups in total. The fraction of sp³-hybridized carbons (Fsp3) is 0.111. The highest BCUT2D eigenvalue weighted by atomic mass is 32.1. The highest BCUT2D eigenvalue weighted by Crippen LogP contribution is 2.19. The zero-order valence-corrected chi connectivity index (χ0v) is 8.13. The average molecular weight is 203 g/mol. The molecule has 2 aromatic rings. The van der Waals surface area contributed by atoms with Crippen LogP contribution in [0.2, 0.25) is 0 Å². The van der Waals surface area contributed by atoms with Crippen LogP contribution in [0.3, 0.4) is 0 Å². The van der Waals surface area contributed by atoms with E-state index in [-0.39, 0.29) is 5.78 Å². The van der Waals surface area contributed by atoms with Crippen LogP contribution in [-0.2, 0) is 0 Å². The topological polar surface area (TPSA) is 66.6 Å². The summed E-state index contributed by atoms with van der Waals surface area (Å²) in [6, 6.07) is 5.27. The van der Waals surface area contributed by atoms with E-state index in [1.54, 1.807) is 12.1 Å². The van der Waals surface area contributed by atoms with Gasteiger partial charge in [0.2, 0.25) is 0 Å². The molecule has 0 saturated carbocycles. The third-order valence-electron chi connectivity index (χ3n) is 1.71. The van der Waals surface area contributed by atoms with Gasteiger partial charge in [0.25, 0.3) is 0 Å². The Balaban J connectivity index is 2.66. The number of nitriles is 1. The molecular formula is C9H5N3OS. The maximum Gasteiger partial charge on any atom is 0.196 e. The summed E-state index contributed by atoms with van der Waals surface area (Å²) >= 11 is 1.19. The molecule has 14 heavy (non-hydrogen) atoms. The Labute approximate surface area is 83.8 Å². The number of carbonyl (C=O) groups excluding carboxylic acids is 1. The summed E-state index contributed by atoms with van der Waals surface area (Å²) in [7, 11) is 0. The smallest absolute Gasteiger partial charge is 0.196 e. The second kappa shape index (κ2) is 3.16. The lowest BCUT2D eigenvalue weighted by atomic mass is 10.3. The van der Waals surface area contributed by atoms with Crippen LogP contribution < -0.4 is 0 Å². The van der Waals surface area contributed by atoms with Gasteiger partial charge in [-0.05, 0) is 12.1 Å². The molecule has 0 radical (unpaired) electrons. The minimum absolute atomic E-state index is 0.0844. The molecular weight excluding hydrogens is 198 g/mol. The predicted molar refractivity (Wildman–Crippen MR) is 52.1 cm³/mol. The molecule has 5 heteroatoms. The molecule has 0 unspecified atom stereocenters. The molecule has 68 valence electrons. The van der Waals surface area contributed by atoms with Crippen molar-refractivity contribution in [2.24, 2.45) is 0 Å². The van der Waals surface area contributed by atoms with Crippen LogP contribution in [0.25, 0.3) is 10.3 Å². The number of Topliss-reactive ketones (excluding diaryl/α,β-unsaturated/α-hetero) is 1. The summed E-state index contributed by atoms with van der Waals surface area (Å²) in [6.45, 7) is 1.46. The summed E-state index contributed by atoms with van der Waals surface area (Å²) in [6.07, 6.45) is 0. The third kappa shape index (κ3) is 1.36. The van der Waals surface area contributed by atoms with Crippen molar-refractivity contribution in [1.29, 1.82) is 5.26 Å². The Hall–Kier alpha value is -1.80. The van der Waals surface area contributed by atoms with Crippen molar-refractivity contribution in [3.8, 4) is 6.07 Å². The number of hydrogen-bond donors (Lipinski definition) is 0. The van der Waals surface area contributed by atoms with Gasteiger partial charge in [-0.2, -0.15) is 5.26 Å². The summed E-state index contributed by atoms with van der Waals surface area (Å²) < 4.78 is 0. The standard InChI is InChI=1S/C9H5N3OS/c1-5(13)6-2-3-7-9(12-6)14-8(4-10)11-7/h2-3H,1H3. The highest BCUT2D eigenvalue weighted by molar-refractivity contribution is 7.18. The molecule has 2 heterocycles. The number of aromatic nitrogens is 2. The molecule has 0 bridgehead atoms. The van der Waals surface area contributed by atoms with Crippen molar-refractivity contribution in [3.63, 3.8) is 0 Å². The van der Waals surface area contributed by atoms with Crippen molar-refractivity contribution in [1.82, 2.24) is 9.97 Å². The van der Waals surface area contributed by atoms with E-state index in [1.807, 2.05) is 6.07 Å². The Bertz CT molecular complexity index is 553.